The highest BCUT2D eigenvalue weighted by Crippen LogP contribution is 2.27. The van der Waals surface area contributed by atoms with E-state index in [1.54, 1.807) is 24.3 Å². The number of rotatable bonds is 2. The maximum absolute atomic E-state index is 12.6. The minimum absolute atomic E-state index is 0.286. The number of halogens is 1. The van der Waals surface area contributed by atoms with Crippen molar-refractivity contribution >= 4 is 17.3 Å². The Balaban J connectivity index is 2.37. The molecule has 1 heterocycles. The molecule has 0 aliphatic carbocycles. The lowest BCUT2D eigenvalue weighted by molar-refractivity contribution is 0.0702. The summed E-state index contributed by atoms with van der Waals surface area (Å²) < 4.78 is 12.6. The van der Waals surface area contributed by atoms with Crippen LogP contribution in [0, 0.1) is 5.82 Å². The van der Waals surface area contributed by atoms with Gasteiger partial charge in [0.2, 0.25) is 0 Å². The molecule has 2 rings (SSSR count). The van der Waals surface area contributed by atoms with Crippen LogP contribution in [0.3, 0.4) is 0 Å². The predicted octanol–water partition coefficient (Wildman–Crippen LogP) is 3.25. The van der Waals surface area contributed by atoms with Gasteiger partial charge < -0.3 is 5.11 Å². The number of carboxylic acid groups (broad SMARTS) is 1. The highest BCUT2D eigenvalue weighted by atomic mass is 32.1. The van der Waals surface area contributed by atoms with Crippen LogP contribution >= 0.6 is 11.3 Å². The normalized spacial score (nSPS) is 10.2. The Morgan fingerprint density at radius 1 is 1.13 bits per heavy atom. The highest BCUT2D eigenvalue weighted by Gasteiger charge is 2.07. The first kappa shape index (κ1) is 9.86. The number of carbonyl (C=O) groups is 1. The third kappa shape index (κ3) is 2.05. The van der Waals surface area contributed by atoms with E-state index >= 15 is 0 Å². The van der Waals surface area contributed by atoms with E-state index in [4.69, 9.17) is 5.11 Å². The molecule has 0 atom stereocenters. The Morgan fingerprint density at radius 2 is 1.80 bits per heavy atom. The van der Waals surface area contributed by atoms with Crippen LogP contribution in [0.2, 0.25) is 0 Å². The average Bonchev–Trinajstić information content (AvgIpc) is 2.68. The van der Waals surface area contributed by atoms with Crippen LogP contribution in [0.15, 0.2) is 36.4 Å². The first-order chi connectivity index (χ1) is 7.16. The van der Waals surface area contributed by atoms with Crippen LogP contribution in [-0.4, -0.2) is 11.1 Å². The standard InChI is InChI=1S/C11H7FO2S/c12-8-3-1-7(2-4-8)9-5-6-10(15-9)11(13)14/h1-6H,(H,13,14). The van der Waals surface area contributed by atoms with E-state index in [1.165, 1.54) is 23.5 Å². The van der Waals surface area contributed by atoms with Crippen molar-refractivity contribution in [2.75, 3.05) is 0 Å². The summed E-state index contributed by atoms with van der Waals surface area (Å²) >= 11 is 1.18. The van der Waals surface area contributed by atoms with Crippen LogP contribution in [0.4, 0.5) is 4.39 Å². The Morgan fingerprint density at radius 3 is 2.33 bits per heavy atom. The molecule has 0 amide bonds. The molecule has 76 valence electrons. The number of hydrogen-bond donors (Lipinski definition) is 1. The molecule has 0 aliphatic heterocycles. The number of carboxylic acids is 1. The Hall–Kier alpha value is -1.68. The van der Waals surface area contributed by atoms with Gasteiger partial charge in [-0.15, -0.1) is 11.3 Å². The van der Waals surface area contributed by atoms with Crippen molar-refractivity contribution in [1.82, 2.24) is 0 Å². The van der Waals surface area contributed by atoms with Crippen LogP contribution in [-0.2, 0) is 0 Å². The summed E-state index contributed by atoms with van der Waals surface area (Å²) in [5.74, 6) is -1.23. The Kier molecular flexibility index (Phi) is 2.51. The fourth-order valence-electron chi connectivity index (χ4n) is 1.22. The van der Waals surface area contributed by atoms with Crippen molar-refractivity contribution in [2.24, 2.45) is 0 Å². The second-order valence-electron chi connectivity index (χ2n) is 2.98. The largest absolute Gasteiger partial charge is 0.477 e. The zero-order valence-electron chi connectivity index (χ0n) is 7.61. The maximum Gasteiger partial charge on any atom is 0.345 e. The predicted molar refractivity (Wildman–Crippen MR) is 56.7 cm³/mol. The van der Waals surface area contributed by atoms with Gasteiger partial charge in [0.1, 0.15) is 10.7 Å². The van der Waals surface area contributed by atoms with Gasteiger partial charge in [0.05, 0.1) is 0 Å². The topological polar surface area (TPSA) is 37.3 Å². The Bertz CT molecular complexity index is 488. The number of benzene rings is 1. The van der Waals surface area contributed by atoms with E-state index in [0.29, 0.717) is 0 Å². The Labute approximate surface area is 89.6 Å². The van der Waals surface area contributed by atoms with E-state index in [9.17, 15) is 9.18 Å². The molecule has 0 spiro atoms. The lowest BCUT2D eigenvalue weighted by Gasteiger charge is -1.95. The van der Waals surface area contributed by atoms with Crippen molar-refractivity contribution < 1.29 is 14.3 Å². The van der Waals surface area contributed by atoms with E-state index in [0.717, 1.165) is 10.4 Å². The molecule has 2 nitrogen and oxygen atoms in total. The van der Waals surface area contributed by atoms with Gasteiger partial charge in [-0.3, -0.25) is 0 Å². The first-order valence-corrected chi connectivity index (χ1v) is 5.07. The molecular formula is C11H7FO2S. The van der Waals surface area contributed by atoms with E-state index in [2.05, 4.69) is 0 Å². The van der Waals surface area contributed by atoms with Gasteiger partial charge in [-0.2, -0.15) is 0 Å². The molecule has 0 fully saturated rings. The van der Waals surface area contributed by atoms with Crippen LogP contribution in [0.1, 0.15) is 9.67 Å². The molecular weight excluding hydrogens is 215 g/mol. The smallest absolute Gasteiger partial charge is 0.345 e. The fourth-order valence-corrected chi connectivity index (χ4v) is 2.07. The highest BCUT2D eigenvalue weighted by molar-refractivity contribution is 7.17. The number of aromatic carboxylic acids is 1. The van der Waals surface area contributed by atoms with Crippen LogP contribution in [0.25, 0.3) is 10.4 Å². The van der Waals surface area contributed by atoms with Crippen molar-refractivity contribution in [3.8, 4) is 10.4 Å². The summed E-state index contributed by atoms with van der Waals surface area (Å²) in [6.45, 7) is 0. The molecule has 0 saturated heterocycles. The number of hydrogen-bond acceptors (Lipinski definition) is 2. The first-order valence-electron chi connectivity index (χ1n) is 4.26. The molecule has 4 heteroatoms. The molecule has 15 heavy (non-hydrogen) atoms. The zero-order chi connectivity index (χ0) is 10.8. The lowest BCUT2D eigenvalue weighted by Crippen LogP contribution is -1.89. The van der Waals surface area contributed by atoms with E-state index in [1.807, 2.05) is 0 Å². The van der Waals surface area contributed by atoms with Crippen molar-refractivity contribution in [2.45, 2.75) is 0 Å². The summed E-state index contributed by atoms with van der Waals surface area (Å²) in [5.41, 5.74) is 0.828. The third-order valence-electron chi connectivity index (χ3n) is 1.95. The van der Waals surface area contributed by atoms with E-state index < -0.39 is 5.97 Å². The van der Waals surface area contributed by atoms with Crippen LogP contribution in [0.5, 0.6) is 0 Å². The number of thiophene rings is 1. The van der Waals surface area contributed by atoms with E-state index in [-0.39, 0.29) is 10.7 Å². The monoisotopic (exact) mass is 222 g/mol. The molecule has 0 unspecified atom stereocenters. The van der Waals surface area contributed by atoms with Gasteiger partial charge >= 0.3 is 5.97 Å². The molecule has 0 aliphatic rings. The molecule has 0 bridgehead atoms. The summed E-state index contributed by atoms with van der Waals surface area (Å²) in [5, 5.41) is 8.74. The minimum atomic E-state index is -0.937. The van der Waals surface area contributed by atoms with Gasteiger partial charge in [0.25, 0.3) is 0 Å². The van der Waals surface area contributed by atoms with Crippen molar-refractivity contribution in [3.05, 3.63) is 47.1 Å². The summed E-state index contributed by atoms with van der Waals surface area (Å²) in [6, 6.07) is 9.25. The fraction of sp³-hybridized carbons (Fsp3) is 0. The molecule has 1 N–H and O–H groups in total. The van der Waals surface area contributed by atoms with Gasteiger partial charge in [0.15, 0.2) is 0 Å². The second-order valence-corrected chi connectivity index (χ2v) is 4.06. The average molecular weight is 222 g/mol. The molecule has 1 aromatic carbocycles. The maximum atomic E-state index is 12.6. The van der Waals surface area contributed by atoms with Gasteiger partial charge in [-0.25, -0.2) is 9.18 Å². The summed E-state index contributed by atoms with van der Waals surface area (Å²) in [7, 11) is 0. The third-order valence-corrected chi connectivity index (χ3v) is 3.07. The molecule has 0 radical (unpaired) electrons. The minimum Gasteiger partial charge on any atom is -0.477 e. The second kappa shape index (κ2) is 3.82. The SMILES string of the molecule is O=C(O)c1ccc(-c2ccc(F)cc2)s1. The van der Waals surface area contributed by atoms with Crippen LogP contribution < -0.4 is 0 Å². The molecule has 0 saturated carbocycles. The lowest BCUT2D eigenvalue weighted by atomic mass is 10.2. The molecule has 2 aromatic rings. The van der Waals surface area contributed by atoms with Gasteiger partial charge in [-0.05, 0) is 29.8 Å². The van der Waals surface area contributed by atoms with Gasteiger partial charge in [0, 0.05) is 4.88 Å². The summed E-state index contributed by atoms with van der Waals surface area (Å²) in [6.07, 6.45) is 0. The quantitative estimate of drug-likeness (QED) is 0.846. The van der Waals surface area contributed by atoms with Crippen molar-refractivity contribution in [3.63, 3.8) is 0 Å². The van der Waals surface area contributed by atoms with Gasteiger partial charge in [-0.1, -0.05) is 12.1 Å². The zero-order valence-corrected chi connectivity index (χ0v) is 8.42. The van der Waals surface area contributed by atoms with Crippen molar-refractivity contribution in [1.29, 1.82) is 0 Å². The molecule has 1 aromatic heterocycles. The summed E-state index contributed by atoms with van der Waals surface area (Å²) in [4.78, 5) is 11.8.